The standard InChI is InChI=1S/C19H28N2O12/c1-7-2-3-8(4-9(7)21(29)30)20-18-15(27)14(26)17(11(6-23)31-18)33-19-16(28)13(25)12(24)10(5-22)32-19/h2-4,10-20,22-28H,5-6H2,1H3/t10-,11-,12+,13+,14-,15-,16+,17+,18-,19+/m0/s1. The van der Waals surface area contributed by atoms with E-state index in [1.54, 1.807) is 6.92 Å². The highest BCUT2D eigenvalue weighted by molar-refractivity contribution is 5.55. The van der Waals surface area contributed by atoms with Gasteiger partial charge in [-0.15, -0.1) is 0 Å². The van der Waals surface area contributed by atoms with Gasteiger partial charge in [-0.3, -0.25) is 10.1 Å². The summed E-state index contributed by atoms with van der Waals surface area (Å²) < 4.78 is 16.3. The van der Waals surface area contributed by atoms with Crippen LogP contribution in [0, 0.1) is 17.0 Å². The zero-order valence-corrected chi connectivity index (χ0v) is 17.5. The fourth-order valence-corrected chi connectivity index (χ4v) is 3.77. The van der Waals surface area contributed by atoms with Crippen molar-refractivity contribution in [1.82, 2.24) is 0 Å². The summed E-state index contributed by atoms with van der Waals surface area (Å²) in [6, 6.07) is 4.22. The van der Waals surface area contributed by atoms with Gasteiger partial charge in [-0.05, 0) is 13.0 Å². The third-order valence-corrected chi connectivity index (χ3v) is 5.72. The molecule has 3 rings (SSSR count). The van der Waals surface area contributed by atoms with Crippen LogP contribution in [0.15, 0.2) is 18.2 Å². The number of hydrogen-bond donors (Lipinski definition) is 8. The van der Waals surface area contributed by atoms with E-state index >= 15 is 0 Å². The minimum Gasteiger partial charge on any atom is -0.394 e. The number of aliphatic hydroxyl groups excluding tert-OH is 7. The Morgan fingerprint density at radius 2 is 1.64 bits per heavy atom. The molecule has 8 N–H and O–H groups in total. The number of aryl methyl sites for hydroxylation is 1. The maximum atomic E-state index is 11.2. The van der Waals surface area contributed by atoms with E-state index in [-0.39, 0.29) is 11.4 Å². The Morgan fingerprint density at radius 3 is 2.24 bits per heavy atom. The van der Waals surface area contributed by atoms with Gasteiger partial charge in [-0.1, -0.05) is 6.07 Å². The predicted molar refractivity (Wildman–Crippen MR) is 108 cm³/mol. The molecule has 10 atom stereocenters. The lowest BCUT2D eigenvalue weighted by molar-refractivity contribution is -0.385. The Hall–Kier alpha value is -1.98. The third kappa shape index (κ3) is 5.25. The van der Waals surface area contributed by atoms with Gasteiger partial charge in [0.05, 0.1) is 18.1 Å². The van der Waals surface area contributed by atoms with Gasteiger partial charge >= 0.3 is 0 Å². The van der Waals surface area contributed by atoms with Gasteiger partial charge in [-0.2, -0.15) is 0 Å². The van der Waals surface area contributed by atoms with Crippen LogP contribution in [0.3, 0.4) is 0 Å². The van der Waals surface area contributed by atoms with Crippen LogP contribution in [0.25, 0.3) is 0 Å². The van der Waals surface area contributed by atoms with Crippen LogP contribution in [-0.4, -0.2) is 115 Å². The molecule has 1 aromatic carbocycles. The van der Waals surface area contributed by atoms with Gasteiger partial charge < -0.3 is 55.3 Å². The predicted octanol–water partition coefficient (Wildman–Crippen LogP) is -3.06. The molecule has 0 unspecified atom stereocenters. The molecule has 0 radical (unpaired) electrons. The summed E-state index contributed by atoms with van der Waals surface area (Å²) in [6.07, 6.45) is -15.4. The van der Waals surface area contributed by atoms with Crippen molar-refractivity contribution < 1.29 is 54.9 Å². The van der Waals surface area contributed by atoms with Crippen molar-refractivity contribution in [2.24, 2.45) is 0 Å². The first-order valence-corrected chi connectivity index (χ1v) is 10.2. The van der Waals surface area contributed by atoms with Crippen molar-refractivity contribution >= 4 is 11.4 Å². The molecule has 0 bridgehead atoms. The summed E-state index contributed by atoms with van der Waals surface area (Å²) in [7, 11) is 0. The first kappa shape index (κ1) is 25.6. The Kier molecular flexibility index (Phi) is 8.17. The van der Waals surface area contributed by atoms with E-state index in [4.69, 9.17) is 14.2 Å². The van der Waals surface area contributed by atoms with Crippen molar-refractivity contribution in [3.63, 3.8) is 0 Å². The van der Waals surface area contributed by atoms with Crippen LogP contribution < -0.4 is 5.32 Å². The Balaban J connectivity index is 1.74. The number of anilines is 1. The molecule has 0 aromatic heterocycles. The minimum atomic E-state index is -1.77. The molecule has 14 nitrogen and oxygen atoms in total. The van der Waals surface area contributed by atoms with E-state index in [2.05, 4.69) is 5.32 Å². The summed E-state index contributed by atoms with van der Waals surface area (Å²) in [5.74, 6) is 0. The molecular weight excluding hydrogens is 448 g/mol. The molecule has 0 spiro atoms. The van der Waals surface area contributed by atoms with E-state index in [1.807, 2.05) is 0 Å². The quantitative estimate of drug-likeness (QED) is 0.145. The zero-order chi connectivity index (χ0) is 24.4. The molecular formula is C19H28N2O12. The lowest BCUT2D eigenvalue weighted by Gasteiger charge is -2.46. The lowest BCUT2D eigenvalue weighted by atomic mass is 9.96. The molecule has 2 saturated heterocycles. The molecule has 0 amide bonds. The van der Waals surface area contributed by atoms with Gasteiger partial charge in [0.25, 0.3) is 5.69 Å². The number of ether oxygens (including phenoxy) is 3. The molecule has 186 valence electrons. The van der Waals surface area contributed by atoms with Crippen LogP contribution in [-0.2, 0) is 14.2 Å². The number of nitrogens with one attached hydrogen (secondary N) is 1. The number of benzene rings is 1. The summed E-state index contributed by atoms with van der Waals surface area (Å²) in [5, 5.41) is 84.0. The van der Waals surface area contributed by atoms with E-state index in [9.17, 15) is 45.9 Å². The maximum absolute atomic E-state index is 11.2. The largest absolute Gasteiger partial charge is 0.394 e. The number of aliphatic hydroxyl groups is 7. The summed E-state index contributed by atoms with van der Waals surface area (Å²) in [6.45, 7) is 0.160. The van der Waals surface area contributed by atoms with Gasteiger partial charge in [0.2, 0.25) is 0 Å². The number of rotatable bonds is 7. The van der Waals surface area contributed by atoms with Crippen LogP contribution in [0.2, 0.25) is 0 Å². The van der Waals surface area contributed by atoms with E-state index in [0.29, 0.717) is 5.56 Å². The van der Waals surface area contributed by atoms with Crippen molar-refractivity contribution in [2.45, 2.75) is 68.3 Å². The van der Waals surface area contributed by atoms with E-state index < -0.39 is 79.5 Å². The normalized spacial score (nSPS) is 39.3. The summed E-state index contributed by atoms with van der Waals surface area (Å²) >= 11 is 0. The minimum absolute atomic E-state index is 0.173. The fourth-order valence-electron chi connectivity index (χ4n) is 3.77. The maximum Gasteiger partial charge on any atom is 0.274 e. The molecule has 1 aromatic rings. The van der Waals surface area contributed by atoms with Crippen LogP contribution >= 0.6 is 0 Å². The second kappa shape index (κ2) is 10.5. The summed E-state index contributed by atoms with van der Waals surface area (Å²) in [4.78, 5) is 10.6. The fraction of sp³-hybridized carbons (Fsp3) is 0.684. The average Bonchev–Trinajstić information content (AvgIpc) is 2.79. The molecule has 0 aliphatic carbocycles. The van der Waals surface area contributed by atoms with Crippen LogP contribution in [0.4, 0.5) is 11.4 Å². The van der Waals surface area contributed by atoms with E-state index in [0.717, 1.165) is 0 Å². The number of nitro benzene ring substituents is 1. The van der Waals surface area contributed by atoms with Crippen LogP contribution in [0.5, 0.6) is 0 Å². The van der Waals surface area contributed by atoms with Gasteiger partial charge in [0.15, 0.2) is 12.5 Å². The molecule has 2 heterocycles. The molecule has 2 aliphatic heterocycles. The molecule has 14 heteroatoms. The Bertz CT molecular complexity index is 824. The zero-order valence-electron chi connectivity index (χ0n) is 17.5. The topological polar surface area (TPSA) is 224 Å². The summed E-state index contributed by atoms with van der Waals surface area (Å²) in [5.41, 5.74) is 0.457. The molecule has 2 aliphatic rings. The monoisotopic (exact) mass is 476 g/mol. The van der Waals surface area contributed by atoms with Crippen molar-refractivity contribution in [3.8, 4) is 0 Å². The Morgan fingerprint density at radius 1 is 0.970 bits per heavy atom. The second-order valence-corrected chi connectivity index (χ2v) is 7.96. The highest BCUT2D eigenvalue weighted by atomic mass is 16.7. The molecule has 33 heavy (non-hydrogen) atoms. The molecule has 0 saturated carbocycles. The smallest absolute Gasteiger partial charge is 0.274 e. The number of hydrogen-bond acceptors (Lipinski definition) is 13. The number of nitro groups is 1. The highest BCUT2D eigenvalue weighted by Crippen LogP contribution is 2.30. The average molecular weight is 476 g/mol. The van der Waals surface area contributed by atoms with E-state index in [1.165, 1.54) is 18.2 Å². The second-order valence-electron chi connectivity index (χ2n) is 7.96. The third-order valence-electron chi connectivity index (χ3n) is 5.72. The molecule has 2 fully saturated rings. The SMILES string of the molecule is Cc1ccc(N[C@H]2O[C@@H](CO)[C@@H](O[C@H]3O[C@@H](CO)[C@@H](O)[C@@H](O)[C@H]3O)[C@@H](O)[C@@H]2O)cc1[N+](=O)[O-]. The Labute approximate surface area is 187 Å². The van der Waals surface area contributed by atoms with Gasteiger partial charge in [0, 0.05) is 17.3 Å². The van der Waals surface area contributed by atoms with Crippen molar-refractivity contribution in [2.75, 3.05) is 18.5 Å². The van der Waals surface area contributed by atoms with Crippen molar-refractivity contribution in [1.29, 1.82) is 0 Å². The van der Waals surface area contributed by atoms with Crippen molar-refractivity contribution in [3.05, 3.63) is 33.9 Å². The highest BCUT2D eigenvalue weighted by Gasteiger charge is 2.50. The first-order valence-electron chi connectivity index (χ1n) is 10.2. The lowest BCUT2D eigenvalue weighted by Crippen LogP contribution is -2.65. The first-order chi connectivity index (χ1) is 15.6. The van der Waals surface area contributed by atoms with Gasteiger partial charge in [-0.25, -0.2) is 0 Å². The van der Waals surface area contributed by atoms with Gasteiger partial charge in [0.1, 0.15) is 48.8 Å². The van der Waals surface area contributed by atoms with Crippen LogP contribution in [0.1, 0.15) is 5.56 Å². The number of nitrogens with zero attached hydrogens (tertiary/aromatic N) is 1.